The van der Waals surface area contributed by atoms with Crippen molar-refractivity contribution in [3.63, 3.8) is 0 Å². The molecule has 0 aromatic rings. The van der Waals surface area contributed by atoms with Gasteiger partial charge in [0, 0.05) is 11.8 Å². The largest absolute Gasteiger partial charge is 0.351 e. The minimum Gasteiger partial charge on any atom is -0.351 e. The summed E-state index contributed by atoms with van der Waals surface area (Å²) in [6.45, 7) is 1.70. The highest BCUT2D eigenvalue weighted by atomic mass is 35.5. The molecule has 2 unspecified atom stereocenters. The van der Waals surface area contributed by atoms with Crippen molar-refractivity contribution in [1.29, 1.82) is 0 Å². The van der Waals surface area contributed by atoms with Crippen LogP contribution in [-0.4, -0.2) is 28.8 Å². The highest BCUT2D eigenvalue weighted by Gasteiger charge is 2.17. The van der Waals surface area contributed by atoms with Gasteiger partial charge in [0.05, 0.1) is 0 Å². The highest BCUT2D eigenvalue weighted by Crippen LogP contribution is 2.17. The molecule has 1 amide bonds. The van der Waals surface area contributed by atoms with Crippen molar-refractivity contribution < 1.29 is 4.79 Å². The zero-order chi connectivity index (χ0) is 8.97. The van der Waals surface area contributed by atoms with Gasteiger partial charge >= 0.3 is 0 Å². The summed E-state index contributed by atoms with van der Waals surface area (Å²) < 4.78 is 0. The highest BCUT2D eigenvalue weighted by molar-refractivity contribution is 7.99. The minimum atomic E-state index is -0.406. The molecule has 0 aromatic carbocycles. The van der Waals surface area contributed by atoms with E-state index in [1.54, 1.807) is 6.92 Å². The van der Waals surface area contributed by atoms with Gasteiger partial charge < -0.3 is 5.32 Å². The van der Waals surface area contributed by atoms with E-state index in [4.69, 9.17) is 11.6 Å². The average Bonchev–Trinajstić information content (AvgIpc) is 2.06. The van der Waals surface area contributed by atoms with Crippen LogP contribution in [0.1, 0.15) is 19.8 Å². The van der Waals surface area contributed by atoms with Gasteiger partial charge in [-0.05, 0) is 25.5 Å². The molecule has 2 nitrogen and oxygen atoms in total. The summed E-state index contributed by atoms with van der Waals surface area (Å²) >= 11 is 7.53. The van der Waals surface area contributed by atoms with Crippen LogP contribution in [0.4, 0.5) is 0 Å². The number of alkyl halides is 1. The van der Waals surface area contributed by atoms with Gasteiger partial charge in [-0.15, -0.1) is 11.6 Å². The maximum Gasteiger partial charge on any atom is 0.238 e. The maximum absolute atomic E-state index is 11.2. The molecule has 70 valence electrons. The Morgan fingerprint density at radius 3 is 3.00 bits per heavy atom. The fourth-order valence-electron chi connectivity index (χ4n) is 1.17. The summed E-state index contributed by atoms with van der Waals surface area (Å²) in [5.74, 6) is 2.22. The number of hydrogen-bond donors (Lipinski definition) is 1. The molecule has 1 rings (SSSR count). The molecule has 1 saturated heterocycles. The first-order valence-electron chi connectivity index (χ1n) is 4.22. The van der Waals surface area contributed by atoms with E-state index in [0.29, 0.717) is 6.04 Å². The van der Waals surface area contributed by atoms with Crippen LogP contribution < -0.4 is 5.32 Å². The Kier molecular flexibility index (Phi) is 4.22. The van der Waals surface area contributed by atoms with Crippen LogP contribution in [-0.2, 0) is 4.79 Å². The van der Waals surface area contributed by atoms with Crippen LogP contribution in [0, 0.1) is 0 Å². The van der Waals surface area contributed by atoms with Gasteiger partial charge in [0.25, 0.3) is 0 Å². The maximum atomic E-state index is 11.2. The number of halogens is 1. The summed E-state index contributed by atoms with van der Waals surface area (Å²) in [6, 6.07) is 0.345. The molecule has 1 aliphatic heterocycles. The number of rotatable bonds is 2. The number of carbonyl (C=O) groups is 1. The first-order chi connectivity index (χ1) is 5.70. The van der Waals surface area contributed by atoms with Gasteiger partial charge in [0.2, 0.25) is 5.91 Å². The van der Waals surface area contributed by atoms with Crippen molar-refractivity contribution >= 4 is 29.3 Å². The molecule has 0 aromatic heterocycles. The summed E-state index contributed by atoms with van der Waals surface area (Å²) in [6.07, 6.45) is 2.30. The number of amides is 1. The molecular weight excluding hydrogens is 194 g/mol. The number of thioether (sulfide) groups is 1. The van der Waals surface area contributed by atoms with E-state index >= 15 is 0 Å². The van der Waals surface area contributed by atoms with Crippen molar-refractivity contribution in [2.75, 3.05) is 11.5 Å². The van der Waals surface area contributed by atoms with Crippen LogP contribution in [0.5, 0.6) is 0 Å². The topological polar surface area (TPSA) is 29.1 Å². The normalized spacial score (nSPS) is 26.3. The first-order valence-corrected chi connectivity index (χ1v) is 5.81. The SMILES string of the molecule is CC(Cl)C(=O)NC1CCCSC1. The predicted octanol–water partition coefficient (Wildman–Crippen LogP) is 1.63. The molecule has 4 heteroatoms. The molecule has 2 atom stereocenters. The molecule has 0 spiro atoms. The van der Waals surface area contributed by atoms with Crippen LogP contribution >= 0.6 is 23.4 Å². The van der Waals surface area contributed by atoms with Gasteiger partial charge in [-0.1, -0.05) is 0 Å². The summed E-state index contributed by atoms with van der Waals surface area (Å²) in [5, 5.41) is 2.52. The molecule has 1 aliphatic rings. The third-order valence-electron chi connectivity index (χ3n) is 1.87. The third-order valence-corrected chi connectivity index (χ3v) is 3.28. The third kappa shape index (κ3) is 3.23. The molecule has 1 heterocycles. The van der Waals surface area contributed by atoms with Crippen molar-refractivity contribution in [1.82, 2.24) is 5.32 Å². The number of hydrogen-bond acceptors (Lipinski definition) is 2. The molecule has 0 bridgehead atoms. The molecule has 0 aliphatic carbocycles. The quantitative estimate of drug-likeness (QED) is 0.698. The lowest BCUT2D eigenvalue weighted by atomic mass is 10.2. The second kappa shape index (κ2) is 4.97. The lowest BCUT2D eigenvalue weighted by molar-refractivity contribution is -0.121. The van der Waals surface area contributed by atoms with E-state index in [1.807, 2.05) is 11.8 Å². The van der Waals surface area contributed by atoms with E-state index in [2.05, 4.69) is 5.32 Å². The molecule has 0 saturated carbocycles. The van der Waals surface area contributed by atoms with Crippen molar-refractivity contribution in [2.24, 2.45) is 0 Å². The standard InChI is InChI=1S/C8H14ClNOS/c1-6(9)8(11)10-7-3-2-4-12-5-7/h6-7H,2-5H2,1H3,(H,10,11). The fraction of sp³-hybridized carbons (Fsp3) is 0.875. The zero-order valence-corrected chi connectivity index (χ0v) is 8.75. The molecule has 1 N–H and O–H groups in total. The van der Waals surface area contributed by atoms with Crippen molar-refractivity contribution in [3.8, 4) is 0 Å². The Balaban J connectivity index is 2.24. The van der Waals surface area contributed by atoms with Gasteiger partial charge in [-0.3, -0.25) is 4.79 Å². The lowest BCUT2D eigenvalue weighted by Gasteiger charge is -2.22. The van der Waals surface area contributed by atoms with Crippen LogP contribution in [0.3, 0.4) is 0 Å². The van der Waals surface area contributed by atoms with Crippen molar-refractivity contribution in [2.45, 2.75) is 31.2 Å². The van der Waals surface area contributed by atoms with Gasteiger partial charge in [0.1, 0.15) is 5.38 Å². The first kappa shape index (κ1) is 10.2. The summed E-state index contributed by atoms with van der Waals surface area (Å²) in [5.41, 5.74) is 0. The number of carbonyl (C=O) groups excluding carboxylic acids is 1. The Bertz CT molecular complexity index is 157. The summed E-state index contributed by atoms with van der Waals surface area (Å²) in [4.78, 5) is 11.2. The zero-order valence-electron chi connectivity index (χ0n) is 7.18. The van der Waals surface area contributed by atoms with Crippen molar-refractivity contribution in [3.05, 3.63) is 0 Å². The molecular formula is C8H14ClNOS. The van der Waals surface area contributed by atoms with E-state index in [9.17, 15) is 4.79 Å². The minimum absolute atomic E-state index is 0.0378. The van der Waals surface area contributed by atoms with Crippen LogP contribution in [0.25, 0.3) is 0 Å². The Labute approximate surface area is 82.4 Å². The van der Waals surface area contributed by atoms with E-state index < -0.39 is 5.38 Å². The Morgan fingerprint density at radius 1 is 1.75 bits per heavy atom. The van der Waals surface area contributed by atoms with Crippen LogP contribution in [0.2, 0.25) is 0 Å². The van der Waals surface area contributed by atoms with Crippen LogP contribution in [0.15, 0.2) is 0 Å². The smallest absolute Gasteiger partial charge is 0.238 e. The van der Waals surface area contributed by atoms with E-state index in [1.165, 1.54) is 12.2 Å². The predicted molar refractivity (Wildman–Crippen MR) is 53.8 cm³/mol. The second-order valence-electron chi connectivity index (χ2n) is 3.04. The Hall–Kier alpha value is 0.110. The molecule has 1 fully saturated rings. The fourth-order valence-corrected chi connectivity index (χ4v) is 2.31. The van der Waals surface area contributed by atoms with E-state index in [0.717, 1.165) is 12.2 Å². The Morgan fingerprint density at radius 2 is 2.50 bits per heavy atom. The molecule has 0 radical (unpaired) electrons. The van der Waals surface area contributed by atoms with Gasteiger partial charge in [0.15, 0.2) is 0 Å². The number of nitrogens with one attached hydrogen (secondary N) is 1. The average molecular weight is 208 g/mol. The van der Waals surface area contributed by atoms with Gasteiger partial charge in [-0.2, -0.15) is 11.8 Å². The lowest BCUT2D eigenvalue weighted by Crippen LogP contribution is -2.41. The van der Waals surface area contributed by atoms with Gasteiger partial charge in [-0.25, -0.2) is 0 Å². The van der Waals surface area contributed by atoms with E-state index in [-0.39, 0.29) is 5.91 Å². The monoisotopic (exact) mass is 207 g/mol. The second-order valence-corrected chi connectivity index (χ2v) is 4.84. The summed E-state index contributed by atoms with van der Waals surface area (Å²) in [7, 11) is 0. The molecule has 12 heavy (non-hydrogen) atoms.